The van der Waals surface area contributed by atoms with Crippen molar-refractivity contribution in [3.05, 3.63) is 71.8 Å². The van der Waals surface area contributed by atoms with E-state index in [0.29, 0.717) is 13.0 Å². The maximum Gasteiger partial charge on any atom is 0.168 e. The number of ketones is 1. The van der Waals surface area contributed by atoms with Crippen LogP contribution in [-0.2, 0) is 6.54 Å². The van der Waals surface area contributed by atoms with Crippen LogP contribution >= 0.6 is 0 Å². The van der Waals surface area contributed by atoms with Crippen molar-refractivity contribution in [2.75, 3.05) is 0 Å². The van der Waals surface area contributed by atoms with Crippen molar-refractivity contribution in [3.8, 4) is 0 Å². The number of hydrogen-bond donors (Lipinski definition) is 0. The highest BCUT2D eigenvalue weighted by molar-refractivity contribution is 6.08. The Bertz CT molecular complexity index is 558. The Hall–Kier alpha value is -2.22. The molecule has 19 heavy (non-hydrogen) atoms. The van der Waals surface area contributed by atoms with Gasteiger partial charge in [-0.05, 0) is 12.5 Å². The number of rotatable bonds is 5. The third-order valence-electron chi connectivity index (χ3n) is 2.89. The van der Waals surface area contributed by atoms with Crippen LogP contribution in [0.5, 0.6) is 0 Å². The zero-order valence-electron chi connectivity index (χ0n) is 11.0. The lowest BCUT2D eigenvalue weighted by molar-refractivity contribution is 0.100. The molecule has 96 valence electrons. The molecule has 2 aromatic carbocycles. The standard InChI is InChI=1S/C17H17NO/c1-14(18-13-15-8-4-2-5-9-15)12-17(19)16-10-6-3-7-11-16/h2-11H,12-13H2,1H3. The number of aliphatic imine (C=N–C) groups is 1. The summed E-state index contributed by atoms with van der Waals surface area (Å²) in [4.78, 5) is 16.4. The summed E-state index contributed by atoms with van der Waals surface area (Å²) in [6.07, 6.45) is 0.386. The van der Waals surface area contributed by atoms with Gasteiger partial charge in [0.15, 0.2) is 5.78 Å². The van der Waals surface area contributed by atoms with Crippen LogP contribution in [0.15, 0.2) is 65.7 Å². The van der Waals surface area contributed by atoms with Gasteiger partial charge in [-0.25, -0.2) is 0 Å². The lowest BCUT2D eigenvalue weighted by Crippen LogP contribution is -2.05. The van der Waals surface area contributed by atoms with Crippen LogP contribution in [0, 0.1) is 0 Å². The van der Waals surface area contributed by atoms with Gasteiger partial charge in [-0.3, -0.25) is 9.79 Å². The Balaban J connectivity index is 1.94. The first-order valence-corrected chi connectivity index (χ1v) is 6.38. The topological polar surface area (TPSA) is 29.4 Å². The number of nitrogens with zero attached hydrogens (tertiary/aromatic N) is 1. The van der Waals surface area contributed by atoms with E-state index in [0.717, 1.165) is 16.8 Å². The van der Waals surface area contributed by atoms with E-state index in [2.05, 4.69) is 4.99 Å². The number of carbonyl (C=O) groups is 1. The van der Waals surface area contributed by atoms with Crippen molar-refractivity contribution >= 4 is 11.5 Å². The summed E-state index contributed by atoms with van der Waals surface area (Å²) in [5.74, 6) is 0.120. The second kappa shape index (κ2) is 6.64. The van der Waals surface area contributed by atoms with E-state index >= 15 is 0 Å². The van der Waals surface area contributed by atoms with Crippen LogP contribution in [0.25, 0.3) is 0 Å². The Labute approximate surface area is 113 Å². The molecular formula is C17H17NO. The molecule has 0 saturated heterocycles. The van der Waals surface area contributed by atoms with E-state index in [9.17, 15) is 4.79 Å². The summed E-state index contributed by atoms with van der Waals surface area (Å²) >= 11 is 0. The van der Waals surface area contributed by atoms with Gasteiger partial charge >= 0.3 is 0 Å². The molecule has 0 aliphatic heterocycles. The van der Waals surface area contributed by atoms with Crippen molar-refractivity contribution in [1.29, 1.82) is 0 Å². The van der Waals surface area contributed by atoms with Gasteiger partial charge < -0.3 is 0 Å². The molecule has 0 aromatic heterocycles. The molecule has 2 nitrogen and oxygen atoms in total. The predicted molar refractivity (Wildman–Crippen MR) is 78.6 cm³/mol. The third-order valence-corrected chi connectivity index (χ3v) is 2.89. The molecule has 2 rings (SSSR count). The molecule has 2 heteroatoms. The zero-order valence-corrected chi connectivity index (χ0v) is 11.0. The molecular weight excluding hydrogens is 234 g/mol. The minimum absolute atomic E-state index is 0.120. The van der Waals surface area contributed by atoms with Crippen molar-refractivity contribution < 1.29 is 4.79 Å². The van der Waals surface area contributed by atoms with E-state index < -0.39 is 0 Å². The number of carbonyl (C=O) groups excluding carboxylic acids is 1. The molecule has 0 spiro atoms. The van der Waals surface area contributed by atoms with E-state index in [1.54, 1.807) is 0 Å². The Morgan fingerprint density at radius 1 is 0.947 bits per heavy atom. The normalized spacial score (nSPS) is 11.3. The molecule has 0 N–H and O–H groups in total. The first-order valence-electron chi connectivity index (χ1n) is 6.38. The summed E-state index contributed by atoms with van der Waals surface area (Å²) < 4.78 is 0. The molecule has 0 unspecified atom stereocenters. The third kappa shape index (κ3) is 4.18. The second-order valence-electron chi connectivity index (χ2n) is 4.50. The molecule has 0 fully saturated rings. The first-order chi connectivity index (χ1) is 9.25. The summed E-state index contributed by atoms with van der Waals surface area (Å²) in [7, 11) is 0. The summed E-state index contributed by atoms with van der Waals surface area (Å²) in [5, 5.41) is 0. The largest absolute Gasteiger partial charge is 0.294 e. The molecule has 0 saturated carbocycles. The minimum atomic E-state index is 0.120. The Morgan fingerprint density at radius 2 is 1.53 bits per heavy atom. The van der Waals surface area contributed by atoms with Crippen LogP contribution in [0.4, 0.5) is 0 Å². The fourth-order valence-corrected chi connectivity index (χ4v) is 1.82. The summed E-state index contributed by atoms with van der Waals surface area (Å²) in [5.41, 5.74) is 2.78. The monoisotopic (exact) mass is 251 g/mol. The van der Waals surface area contributed by atoms with Gasteiger partial charge in [0.2, 0.25) is 0 Å². The average Bonchev–Trinajstić information content (AvgIpc) is 2.47. The van der Waals surface area contributed by atoms with Gasteiger partial charge in [0.05, 0.1) is 6.54 Å². The Morgan fingerprint density at radius 3 is 2.16 bits per heavy atom. The molecule has 0 heterocycles. The number of hydrogen-bond acceptors (Lipinski definition) is 2. The number of Topliss-reactive ketones (excluding diaryl/α,β-unsaturated/α-hetero) is 1. The first kappa shape index (κ1) is 13.2. The molecule has 0 amide bonds. The van der Waals surface area contributed by atoms with Gasteiger partial charge in [0.25, 0.3) is 0 Å². The highest BCUT2D eigenvalue weighted by Gasteiger charge is 2.06. The molecule has 0 atom stereocenters. The summed E-state index contributed by atoms with van der Waals surface area (Å²) in [6, 6.07) is 19.4. The van der Waals surface area contributed by atoms with Crippen molar-refractivity contribution in [3.63, 3.8) is 0 Å². The van der Waals surface area contributed by atoms with Crippen molar-refractivity contribution in [2.45, 2.75) is 19.9 Å². The van der Waals surface area contributed by atoms with Crippen molar-refractivity contribution in [2.24, 2.45) is 4.99 Å². The van der Waals surface area contributed by atoms with E-state index in [1.165, 1.54) is 0 Å². The van der Waals surface area contributed by atoms with E-state index in [4.69, 9.17) is 0 Å². The Kier molecular flexibility index (Phi) is 4.62. The SMILES string of the molecule is CC(CC(=O)c1ccccc1)=NCc1ccccc1. The maximum atomic E-state index is 12.0. The van der Waals surface area contributed by atoms with Gasteiger partial charge in [-0.1, -0.05) is 60.7 Å². The van der Waals surface area contributed by atoms with Crippen LogP contribution in [0.1, 0.15) is 29.3 Å². The lowest BCUT2D eigenvalue weighted by atomic mass is 10.1. The molecule has 0 aliphatic rings. The molecule has 0 bridgehead atoms. The van der Waals surface area contributed by atoms with Crippen LogP contribution in [0.2, 0.25) is 0 Å². The quantitative estimate of drug-likeness (QED) is 0.585. The fraction of sp³-hybridized carbons (Fsp3) is 0.176. The average molecular weight is 251 g/mol. The van der Waals surface area contributed by atoms with Crippen molar-refractivity contribution in [1.82, 2.24) is 0 Å². The minimum Gasteiger partial charge on any atom is -0.294 e. The summed E-state index contributed by atoms with van der Waals surface area (Å²) in [6.45, 7) is 2.54. The maximum absolute atomic E-state index is 12.0. The highest BCUT2D eigenvalue weighted by Crippen LogP contribution is 2.06. The zero-order chi connectivity index (χ0) is 13.5. The highest BCUT2D eigenvalue weighted by atomic mass is 16.1. The van der Waals surface area contributed by atoms with Gasteiger partial charge in [0.1, 0.15) is 0 Å². The van der Waals surface area contributed by atoms with Crippen LogP contribution in [-0.4, -0.2) is 11.5 Å². The molecule has 2 aromatic rings. The fourth-order valence-electron chi connectivity index (χ4n) is 1.82. The van der Waals surface area contributed by atoms with Crippen LogP contribution < -0.4 is 0 Å². The lowest BCUT2D eigenvalue weighted by Gasteiger charge is -2.02. The predicted octanol–water partition coefficient (Wildman–Crippen LogP) is 3.92. The molecule has 0 aliphatic carbocycles. The van der Waals surface area contributed by atoms with E-state index in [1.807, 2.05) is 67.6 Å². The van der Waals surface area contributed by atoms with Gasteiger partial charge in [-0.2, -0.15) is 0 Å². The van der Waals surface area contributed by atoms with Gasteiger partial charge in [0, 0.05) is 17.7 Å². The smallest absolute Gasteiger partial charge is 0.168 e. The van der Waals surface area contributed by atoms with Crippen LogP contribution in [0.3, 0.4) is 0 Å². The molecule has 0 radical (unpaired) electrons. The number of benzene rings is 2. The second-order valence-corrected chi connectivity index (χ2v) is 4.50. The van der Waals surface area contributed by atoms with Gasteiger partial charge in [-0.15, -0.1) is 0 Å². The van der Waals surface area contributed by atoms with E-state index in [-0.39, 0.29) is 5.78 Å².